The Morgan fingerprint density at radius 3 is 1.73 bits per heavy atom. The molecule has 1 N–H and O–H groups in total. The summed E-state index contributed by atoms with van der Waals surface area (Å²) in [7, 11) is 0. The average Bonchev–Trinajstić information content (AvgIpc) is 3.25. The molecule has 4 rings (SSSR count). The molecule has 30 heavy (non-hydrogen) atoms. The number of hydrogen-bond donors (Lipinski definition) is 1. The van der Waals surface area contributed by atoms with Crippen LogP contribution in [0.5, 0.6) is 6.01 Å². The van der Waals surface area contributed by atoms with Gasteiger partial charge in [0.15, 0.2) is 5.60 Å². The summed E-state index contributed by atoms with van der Waals surface area (Å²) in [6.07, 6.45) is 1.62. The largest absolute Gasteiger partial charge is 0.459 e. The smallest absolute Gasteiger partial charge is 0.303 e. The number of aromatic amines is 1. The number of hydrogen-bond acceptors (Lipinski definition) is 4. The van der Waals surface area contributed by atoms with E-state index in [4.69, 9.17) is 9.47 Å². The fourth-order valence-electron chi connectivity index (χ4n) is 3.48. The summed E-state index contributed by atoms with van der Waals surface area (Å²) in [5.74, 6) is -0.348. The van der Waals surface area contributed by atoms with Gasteiger partial charge in [-0.15, -0.1) is 0 Å². The van der Waals surface area contributed by atoms with Crippen LogP contribution in [0.15, 0.2) is 97.2 Å². The molecule has 0 fully saturated rings. The maximum atomic E-state index is 11.1. The van der Waals surface area contributed by atoms with Gasteiger partial charge in [0.1, 0.15) is 6.61 Å². The highest BCUT2D eigenvalue weighted by atomic mass is 16.5. The van der Waals surface area contributed by atoms with E-state index in [1.165, 1.54) is 6.92 Å². The van der Waals surface area contributed by atoms with Crippen molar-refractivity contribution in [1.82, 2.24) is 9.97 Å². The van der Waals surface area contributed by atoms with Gasteiger partial charge in [-0.05, 0) is 0 Å². The number of carbonyl (C=O) groups is 1. The summed E-state index contributed by atoms with van der Waals surface area (Å²) in [4.78, 5) is 18.6. The van der Waals surface area contributed by atoms with Crippen molar-refractivity contribution in [3.05, 3.63) is 120 Å². The second-order valence-electron chi connectivity index (χ2n) is 6.88. The van der Waals surface area contributed by atoms with E-state index in [1.807, 2.05) is 91.0 Å². The Balaban J connectivity index is 1.84. The lowest BCUT2D eigenvalue weighted by Crippen LogP contribution is -2.36. The zero-order chi connectivity index (χ0) is 20.8. The number of carbonyl (C=O) groups excluding carboxylic acids is 1. The predicted octanol–water partition coefficient (Wildman–Crippen LogP) is 4.84. The molecule has 0 atom stereocenters. The minimum atomic E-state index is -0.916. The molecule has 0 aliphatic carbocycles. The van der Waals surface area contributed by atoms with Crippen LogP contribution < -0.4 is 4.74 Å². The van der Waals surface area contributed by atoms with Crippen LogP contribution in [0.1, 0.15) is 29.3 Å². The number of imidazole rings is 1. The highest BCUT2D eigenvalue weighted by Crippen LogP contribution is 2.40. The Morgan fingerprint density at radius 1 is 0.833 bits per heavy atom. The van der Waals surface area contributed by atoms with Crippen molar-refractivity contribution >= 4 is 5.97 Å². The average molecular weight is 398 g/mol. The molecule has 0 amide bonds. The van der Waals surface area contributed by atoms with Crippen molar-refractivity contribution in [3.63, 3.8) is 0 Å². The number of benzene rings is 3. The van der Waals surface area contributed by atoms with Gasteiger partial charge >= 0.3 is 5.97 Å². The number of aromatic nitrogens is 2. The first kappa shape index (κ1) is 19.5. The summed E-state index contributed by atoms with van der Waals surface area (Å²) in [5, 5.41) is 0. The third-order valence-electron chi connectivity index (χ3n) is 4.83. The Kier molecular flexibility index (Phi) is 5.61. The lowest BCUT2D eigenvalue weighted by atomic mass is 9.80. The van der Waals surface area contributed by atoms with Gasteiger partial charge in [-0.1, -0.05) is 91.0 Å². The third-order valence-corrected chi connectivity index (χ3v) is 4.83. The van der Waals surface area contributed by atoms with E-state index in [0.717, 1.165) is 16.7 Å². The summed E-state index contributed by atoms with van der Waals surface area (Å²) < 4.78 is 11.7. The minimum absolute atomic E-state index is 0.112. The molecule has 0 aliphatic heterocycles. The van der Waals surface area contributed by atoms with Gasteiger partial charge in [-0.3, -0.25) is 4.79 Å². The van der Waals surface area contributed by atoms with Crippen molar-refractivity contribution in [2.75, 3.05) is 0 Å². The van der Waals surface area contributed by atoms with Gasteiger partial charge in [0.05, 0.1) is 11.9 Å². The van der Waals surface area contributed by atoms with Crippen molar-refractivity contribution in [3.8, 4) is 6.01 Å². The zero-order valence-corrected chi connectivity index (χ0v) is 16.6. The van der Waals surface area contributed by atoms with E-state index < -0.39 is 5.60 Å². The first-order valence-electron chi connectivity index (χ1n) is 9.71. The van der Waals surface area contributed by atoms with Crippen LogP contribution in [0, 0.1) is 0 Å². The van der Waals surface area contributed by atoms with Gasteiger partial charge in [0.25, 0.3) is 6.01 Å². The second kappa shape index (κ2) is 8.66. The maximum Gasteiger partial charge on any atom is 0.303 e. The maximum absolute atomic E-state index is 11.1. The molecule has 5 nitrogen and oxygen atoms in total. The Bertz CT molecular complexity index is 996. The Labute approximate surface area is 175 Å². The molecule has 3 aromatic carbocycles. The molecule has 0 saturated heterocycles. The zero-order valence-electron chi connectivity index (χ0n) is 16.6. The van der Waals surface area contributed by atoms with Crippen LogP contribution in [0.4, 0.5) is 0 Å². The first-order chi connectivity index (χ1) is 14.7. The molecular formula is C25H22N2O3. The van der Waals surface area contributed by atoms with Crippen molar-refractivity contribution in [2.45, 2.75) is 19.1 Å². The number of rotatable bonds is 7. The second-order valence-corrected chi connectivity index (χ2v) is 6.88. The van der Waals surface area contributed by atoms with Crippen LogP contribution in [-0.4, -0.2) is 15.9 Å². The summed E-state index contributed by atoms with van der Waals surface area (Å²) >= 11 is 0. The molecule has 150 valence electrons. The lowest BCUT2D eigenvalue weighted by Gasteiger charge is -2.35. The van der Waals surface area contributed by atoms with E-state index in [2.05, 4.69) is 9.97 Å². The van der Waals surface area contributed by atoms with Crippen LogP contribution in [0.2, 0.25) is 0 Å². The molecule has 0 unspecified atom stereocenters. The number of nitrogens with one attached hydrogen (secondary N) is 1. The normalized spacial score (nSPS) is 11.1. The highest BCUT2D eigenvalue weighted by Gasteiger charge is 2.39. The fraction of sp³-hybridized carbons (Fsp3) is 0.120. The standard InChI is InChI=1S/C25H22N2O3/c1-19(28)29-18-23-17-26-24(27-23)30-25(20-11-5-2-6-12-20,21-13-7-3-8-14-21)22-15-9-4-10-16-22/h2-17H,18H2,1H3,(H,26,27). The summed E-state index contributed by atoms with van der Waals surface area (Å²) in [5.41, 5.74) is 2.66. The Hall–Kier alpha value is -3.86. The van der Waals surface area contributed by atoms with Crippen LogP contribution in [-0.2, 0) is 21.7 Å². The molecule has 0 radical (unpaired) electrons. The lowest BCUT2D eigenvalue weighted by molar-refractivity contribution is -0.142. The number of nitrogens with zero attached hydrogens (tertiary/aromatic N) is 1. The van der Waals surface area contributed by atoms with Gasteiger partial charge in [-0.2, -0.15) is 0 Å². The highest BCUT2D eigenvalue weighted by molar-refractivity contribution is 5.65. The summed E-state index contributed by atoms with van der Waals surface area (Å²) in [6, 6.07) is 30.5. The molecule has 0 saturated carbocycles. The number of ether oxygens (including phenoxy) is 2. The van der Waals surface area contributed by atoms with E-state index in [1.54, 1.807) is 6.20 Å². The van der Waals surface area contributed by atoms with E-state index >= 15 is 0 Å². The molecule has 4 aromatic rings. The predicted molar refractivity (Wildman–Crippen MR) is 114 cm³/mol. The molecular weight excluding hydrogens is 376 g/mol. The van der Waals surface area contributed by atoms with E-state index in [9.17, 15) is 4.79 Å². The molecule has 0 aliphatic rings. The fourth-order valence-corrected chi connectivity index (χ4v) is 3.48. The number of esters is 1. The first-order valence-corrected chi connectivity index (χ1v) is 9.71. The molecule has 0 bridgehead atoms. The van der Waals surface area contributed by atoms with Crippen molar-refractivity contribution < 1.29 is 14.3 Å². The van der Waals surface area contributed by atoms with Crippen LogP contribution >= 0.6 is 0 Å². The van der Waals surface area contributed by atoms with Crippen LogP contribution in [0.3, 0.4) is 0 Å². The summed E-state index contributed by atoms with van der Waals surface area (Å²) in [6.45, 7) is 1.49. The monoisotopic (exact) mass is 398 g/mol. The molecule has 5 heteroatoms. The van der Waals surface area contributed by atoms with Crippen LogP contribution in [0.25, 0.3) is 0 Å². The van der Waals surface area contributed by atoms with Gasteiger partial charge < -0.3 is 14.5 Å². The van der Waals surface area contributed by atoms with Crippen molar-refractivity contribution in [1.29, 1.82) is 0 Å². The van der Waals surface area contributed by atoms with E-state index in [0.29, 0.717) is 11.7 Å². The topological polar surface area (TPSA) is 64.2 Å². The molecule has 1 aromatic heterocycles. The van der Waals surface area contributed by atoms with E-state index in [-0.39, 0.29) is 12.6 Å². The quantitative estimate of drug-likeness (QED) is 0.357. The SMILES string of the molecule is CC(=O)OCc1cnc(OC(c2ccccc2)(c2ccccc2)c2ccccc2)[nH]1. The number of H-pyrrole nitrogens is 1. The molecule has 0 spiro atoms. The van der Waals surface area contributed by atoms with Gasteiger partial charge in [-0.25, -0.2) is 4.98 Å². The van der Waals surface area contributed by atoms with Crippen molar-refractivity contribution in [2.24, 2.45) is 0 Å². The van der Waals surface area contributed by atoms with Gasteiger partial charge in [0.2, 0.25) is 0 Å². The molecule has 1 heterocycles. The Morgan fingerprint density at radius 2 is 1.30 bits per heavy atom. The third kappa shape index (κ3) is 3.96. The van der Waals surface area contributed by atoms with Gasteiger partial charge in [0, 0.05) is 23.6 Å². The minimum Gasteiger partial charge on any atom is -0.459 e.